The van der Waals surface area contributed by atoms with Crippen LogP contribution in [0.1, 0.15) is 110 Å². The Balaban J connectivity index is 0.750. The number of unbranched alkanes of at least 4 members (excludes halogenated alkanes) is 3. The van der Waals surface area contributed by atoms with Crippen LogP contribution in [-0.4, -0.2) is 85.2 Å². The maximum Gasteiger partial charge on any atom is 0.329 e. The van der Waals surface area contributed by atoms with Gasteiger partial charge in [-0.15, -0.1) is 0 Å². The van der Waals surface area contributed by atoms with Crippen LogP contribution in [0.15, 0.2) is 59.7 Å². The highest BCUT2D eigenvalue weighted by atomic mass is 19.1. The molecule has 16 heteroatoms. The van der Waals surface area contributed by atoms with Crippen LogP contribution in [0.4, 0.5) is 19.0 Å². The molecule has 0 saturated carbocycles. The molecule has 5 aromatic rings. The predicted molar refractivity (Wildman–Crippen MR) is 216 cm³/mol. The van der Waals surface area contributed by atoms with E-state index >= 15 is 4.39 Å². The first-order valence-corrected chi connectivity index (χ1v) is 20.8. The standard InChI is InChI=1S/C43H50F3N9O4/c1-51-37-23-28(9-12-35(37)55(43(51)59)36-13-14-39(56)50-42(36)58)27-15-20-52(21-16-27)26-30(45)7-4-2-3-5-18-47-41(57)32-25-48-54-22-17-38(49-40(32)54)53-19-6-8-34(53)31-24-29(44)10-11-33(31)46/h9-12,17,22-25,27,30,34,36H,2-8,13-16,18-21,26H2,1H3,(H,47,57)(H,50,56,58)/t30?,34-,36?/m1/s1. The number of carbonyl (C=O) groups is 3. The lowest BCUT2D eigenvalue weighted by Crippen LogP contribution is -2.44. The van der Waals surface area contributed by atoms with Gasteiger partial charge in [0, 0.05) is 44.9 Å². The molecule has 0 radical (unpaired) electrons. The number of alkyl halides is 1. The molecule has 2 aromatic carbocycles. The summed E-state index contributed by atoms with van der Waals surface area (Å²) < 4.78 is 48.3. The van der Waals surface area contributed by atoms with Crippen LogP contribution in [0.25, 0.3) is 16.7 Å². The molecule has 2 unspecified atom stereocenters. The van der Waals surface area contributed by atoms with Crippen LogP contribution in [0, 0.1) is 11.6 Å². The van der Waals surface area contributed by atoms with Crippen molar-refractivity contribution < 1.29 is 27.6 Å². The summed E-state index contributed by atoms with van der Waals surface area (Å²) in [7, 11) is 1.70. The van der Waals surface area contributed by atoms with Crippen molar-refractivity contribution in [1.29, 1.82) is 0 Å². The first-order chi connectivity index (χ1) is 28.5. The second kappa shape index (κ2) is 17.4. The van der Waals surface area contributed by atoms with Crippen LogP contribution in [0.3, 0.4) is 0 Å². The molecule has 59 heavy (non-hydrogen) atoms. The van der Waals surface area contributed by atoms with E-state index in [4.69, 9.17) is 4.98 Å². The molecule has 3 amide bonds. The molecule has 3 fully saturated rings. The monoisotopic (exact) mass is 813 g/mol. The zero-order chi connectivity index (χ0) is 41.2. The van der Waals surface area contributed by atoms with Crippen molar-refractivity contribution in [3.63, 3.8) is 0 Å². The van der Waals surface area contributed by atoms with Gasteiger partial charge in [-0.3, -0.25) is 28.8 Å². The molecule has 3 aliphatic rings. The van der Waals surface area contributed by atoms with Gasteiger partial charge in [0.2, 0.25) is 11.8 Å². The summed E-state index contributed by atoms with van der Waals surface area (Å²) in [6, 6.07) is 10.1. The van der Waals surface area contributed by atoms with Crippen LogP contribution < -0.4 is 21.2 Å². The Kier molecular flexibility index (Phi) is 11.9. The molecule has 3 atom stereocenters. The number of carbonyl (C=O) groups excluding carboxylic acids is 3. The molecular formula is C43H50F3N9O4. The van der Waals surface area contributed by atoms with E-state index in [1.54, 1.807) is 23.9 Å². The maximum absolute atomic E-state index is 15.1. The van der Waals surface area contributed by atoms with Gasteiger partial charge in [-0.1, -0.05) is 25.3 Å². The number of fused-ring (bicyclic) bond motifs is 2. The van der Waals surface area contributed by atoms with Gasteiger partial charge in [-0.05, 0) is 106 Å². The van der Waals surface area contributed by atoms with Gasteiger partial charge in [0.1, 0.15) is 35.2 Å². The Morgan fingerprint density at radius 2 is 1.75 bits per heavy atom. The Morgan fingerprint density at radius 1 is 0.932 bits per heavy atom. The highest BCUT2D eigenvalue weighted by Crippen LogP contribution is 2.37. The third-order valence-corrected chi connectivity index (χ3v) is 12.3. The number of hydrogen-bond acceptors (Lipinski definition) is 8. The van der Waals surface area contributed by atoms with E-state index < -0.39 is 29.8 Å². The number of likely N-dealkylation sites (tertiary alicyclic amines) is 1. The highest BCUT2D eigenvalue weighted by molar-refractivity contribution is 6.00. The molecule has 6 heterocycles. The van der Waals surface area contributed by atoms with Crippen LogP contribution in [0.5, 0.6) is 0 Å². The lowest BCUT2D eigenvalue weighted by atomic mass is 9.89. The fourth-order valence-corrected chi connectivity index (χ4v) is 9.14. The van der Waals surface area contributed by atoms with Gasteiger partial charge in [0.05, 0.1) is 23.3 Å². The quantitative estimate of drug-likeness (QED) is 0.105. The van der Waals surface area contributed by atoms with E-state index in [1.165, 1.54) is 21.3 Å². The van der Waals surface area contributed by atoms with Crippen molar-refractivity contribution in [2.24, 2.45) is 7.05 Å². The molecule has 3 aliphatic heterocycles. The van der Waals surface area contributed by atoms with Crippen LogP contribution >= 0.6 is 0 Å². The fraction of sp³-hybridized carbons (Fsp3) is 0.488. The summed E-state index contributed by atoms with van der Waals surface area (Å²) in [5.41, 5.74) is 3.27. The molecule has 13 nitrogen and oxygen atoms in total. The Morgan fingerprint density at radius 3 is 2.56 bits per heavy atom. The van der Waals surface area contributed by atoms with Gasteiger partial charge in [0.25, 0.3) is 5.91 Å². The van der Waals surface area contributed by atoms with E-state index in [0.29, 0.717) is 67.0 Å². The second-order valence-corrected chi connectivity index (χ2v) is 16.2. The Bertz CT molecular complexity index is 2420. The first kappa shape index (κ1) is 40.3. The Labute approximate surface area is 339 Å². The minimum Gasteiger partial charge on any atom is -0.352 e. The topological polar surface area (TPSA) is 139 Å². The number of nitrogens with one attached hydrogen (secondary N) is 2. The molecule has 8 rings (SSSR count). The van der Waals surface area contributed by atoms with Gasteiger partial charge >= 0.3 is 5.69 Å². The van der Waals surface area contributed by atoms with E-state index in [1.807, 2.05) is 23.1 Å². The number of piperidine rings is 2. The van der Waals surface area contributed by atoms with Gasteiger partial charge < -0.3 is 15.1 Å². The summed E-state index contributed by atoms with van der Waals surface area (Å²) in [4.78, 5) is 59.4. The SMILES string of the molecule is Cn1c(=O)n(C2CCC(=O)NC2=O)c2ccc(C3CCN(CC(F)CCCCCCNC(=O)c4cnn5ccc(N6CCC[C@@H]6c6cc(F)ccc6F)nc45)CC3)cc21. The molecule has 0 aliphatic carbocycles. The van der Waals surface area contributed by atoms with Crippen LogP contribution in [0.2, 0.25) is 0 Å². The number of anilines is 1. The lowest BCUT2D eigenvalue weighted by Gasteiger charge is -2.33. The third-order valence-electron chi connectivity index (χ3n) is 12.3. The van der Waals surface area contributed by atoms with E-state index in [2.05, 4.69) is 20.6 Å². The molecule has 2 N–H and O–H groups in total. The number of halogens is 3. The summed E-state index contributed by atoms with van der Waals surface area (Å²) in [5.74, 6) is -1.16. The fourth-order valence-electron chi connectivity index (χ4n) is 9.14. The van der Waals surface area contributed by atoms with Gasteiger partial charge in [-0.2, -0.15) is 5.10 Å². The number of imidazole rings is 1. The van der Waals surface area contributed by atoms with Crippen LogP contribution in [-0.2, 0) is 16.6 Å². The molecule has 312 valence electrons. The van der Waals surface area contributed by atoms with Crippen molar-refractivity contribution in [3.05, 3.63) is 93.7 Å². The van der Waals surface area contributed by atoms with E-state index in [0.717, 1.165) is 81.2 Å². The van der Waals surface area contributed by atoms with Crippen molar-refractivity contribution in [2.45, 2.75) is 94.8 Å². The van der Waals surface area contributed by atoms with Crippen molar-refractivity contribution in [1.82, 2.24) is 39.3 Å². The van der Waals surface area contributed by atoms with Crippen molar-refractivity contribution in [3.8, 4) is 0 Å². The number of amides is 3. The molecule has 0 bridgehead atoms. The average molecular weight is 814 g/mol. The molecular weight excluding hydrogens is 764 g/mol. The largest absolute Gasteiger partial charge is 0.352 e. The minimum atomic E-state index is -0.916. The van der Waals surface area contributed by atoms with E-state index in [-0.39, 0.29) is 35.9 Å². The lowest BCUT2D eigenvalue weighted by molar-refractivity contribution is -0.135. The smallest absolute Gasteiger partial charge is 0.329 e. The van der Waals surface area contributed by atoms with Gasteiger partial charge in [0.15, 0.2) is 5.65 Å². The summed E-state index contributed by atoms with van der Waals surface area (Å²) in [5, 5.41) is 9.59. The third kappa shape index (κ3) is 8.50. The number of hydrogen-bond donors (Lipinski definition) is 2. The minimum absolute atomic E-state index is 0.194. The average Bonchev–Trinajstić information content (AvgIpc) is 3.95. The molecule has 0 spiro atoms. The number of aryl methyl sites for hydroxylation is 1. The zero-order valence-electron chi connectivity index (χ0n) is 33.2. The number of imide groups is 1. The van der Waals surface area contributed by atoms with Gasteiger partial charge in [-0.25, -0.2) is 27.5 Å². The maximum atomic E-state index is 15.1. The molecule has 3 aromatic heterocycles. The normalized spacial score (nSPS) is 19.8. The summed E-state index contributed by atoms with van der Waals surface area (Å²) in [6.45, 7) is 3.07. The predicted octanol–water partition coefficient (Wildman–Crippen LogP) is 5.88. The zero-order valence-corrected chi connectivity index (χ0v) is 33.2. The second-order valence-electron chi connectivity index (χ2n) is 16.2. The van der Waals surface area contributed by atoms with E-state index in [9.17, 15) is 28.0 Å². The first-order valence-electron chi connectivity index (χ1n) is 20.8. The number of aromatic nitrogens is 5. The number of nitrogens with zero attached hydrogens (tertiary/aromatic N) is 7. The van der Waals surface area contributed by atoms with Crippen molar-refractivity contribution >= 4 is 40.2 Å². The summed E-state index contributed by atoms with van der Waals surface area (Å²) >= 11 is 0. The number of rotatable bonds is 14. The highest BCUT2D eigenvalue weighted by Gasteiger charge is 2.33. The summed E-state index contributed by atoms with van der Waals surface area (Å²) in [6.07, 6.45) is 9.71. The van der Waals surface area contributed by atoms with Crippen molar-refractivity contribution in [2.75, 3.05) is 37.6 Å². The molecule has 3 saturated heterocycles. The number of benzene rings is 2. The Hall–Kier alpha value is -5.51.